The van der Waals surface area contributed by atoms with E-state index in [2.05, 4.69) is 41.9 Å². The summed E-state index contributed by atoms with van der Waals surface area (Å²) >= 11 is 3.43. The lowest BCUT2D eigenvalue weighted by Crippen LogP contribution is -1.86. The first-order chi connectivity index (χ1) is 7.61. The van der Waals surface area contributed by atoms with Crippen molar-refractivity contribution in [3.8, 4) is 0 Å². The normalized spacial score (nSPS) is 16.5. The van der Waals surface area contributed by atoms with Gasteiger partial charge in [-0.15, -0.1) is 0 Å². The van der Waals surface area contributed by atoms with Crippen LogP contribution >= 0.6 is 15.9 Å². The van der Waals surface area contributed by atoms with Gasteiger partial charge in [-0.05, 0) is 40.8 Å². The first kappa shape index (κ1) is 11.3. The summed E-state index contributed by atoms with van der Waals surface area (Å²) in [4.78, 5) is 11.0. The Bertz CT molecular complexity index is 495. The van der Waals surface area contributed by atoms with Crippen molar-refractivity contribution in [2.45, 2.75) is 13.8 Å². The van der Waals surface area contributed by atoms with E-state index in [1.807, 2.05) is 18.2 Å². The van der Waals surface area contributed by atoms with E-state index in [0.29, 0.717) is 5.92 Å². The standard InChI is InChI=1S/C14H13BrO/c1-9(2)5-10-6-11(8-16)14-7-12(15)3-4-13(10)14/h3-9H,1-2H3/b10-5+. The van der Waals surface area contributed by atoms with E-state index in [0.717, 1.165) is 33.0 Å². The van der Waals surface area contributed by atoms with Crippen LogP contribution in [0.3, 0.4) is 0 Å². The molecule has 1 aromatic carbocycles. The summed E-state index contributed by atoms with van der Waals surface area (Å²) in [5.41, 5.74) is 4.10. The maximum atomic E-state index is 11.0. The minimum absolute atomic E-state index is 0.480. The molecule has 0 spiro atoms. The van der Waals surface area contributed by atoms with Crippen molar-refractivity contribution < 1.29 is 4.79 Å². The van der Waals surface area contributed by atoms with Gasteiger partial charge in [0.15, 0.2) is 6.29 Å². The molecule has 1 nitrogen and oxygen atoms in total. The third-order valence-electron chi connectivity index (χ3n) is 2.55. The molecule has 0 N–H and O–H groups in total. The first-order valence-corrected chi connectivity index (χ1v) is 6.10. The van der Waals surface area contributed by atoms with Crippen LogP contribution in [0.4, 0.5) is 0 Å². The van der Waals surface area contributed by atoms with Gasteiger partial charge in [-0.3, -0.25) is 4.79 Å². The minimum atomic E-state index is 0.480. The number of benzene rings is 1. The van der Waals surface area contributed by atoms with Gasteiger partial charge in [0.25, 0.3) is 0 Å². The molecule has 0 unspecified atom stereocenters. The van der Waals surface area contributed by atoms with E-state index in [-0.39, 0.29) is 0 Å². The smallest absolute Gasteiger partial charge is 0.150 e. The molecule has 0 aromatic heterocycles. The van der Waals surface area contributed by atoms with Crippen LogP contribution in [-0.2, 0) is 4.79 Å². The zero-order valence-corrected chi connectivity index (χ0v) is 10.9. The van der Waals surface area contributed by atoms with Crippen LogP contribution in [0.15, 0.2) is 34.8 Å². The largest absolute Gasteiger partial charge is 0.298 e. The maximum Gasteiger partial charge on any atom is 0.150 e. The lowest BCUT2D eigenvalue weighted by molar-refractivity contribution is -0.103. The molecule has 0 atom stereocenters. The van der Waals surface area contributed by atoms with E-state index in [1.165, 1.54) is 0 Å². The summed E-state index contributed by atoms with van der Waals surface area (Å²) in [7, 11) is 0. The van der Waals surface area contributed by atoms with Gasteiger partial charge in [0.05, 0.1) is 0 Å². The first-order valence-electron chi connectivity index (χ1n) is 5.31. The molecule has 0 saturated carbocycles. The van der Waals surface area contributed by atoms with Crippen molar-refractivity contribution in [2.24, 2.45) is 5.92 Å². The van der Waals surface area contributed by atoms with Crippen LogP contribution in [0, 0.1) is 5.92 Å². The Balaban J connectivity index is 2.58. The molecule has 0 bridgehead atoms. The van der Waals surface area contributed by atoms with Gasteiger partial charge in [-0.2, -0.15) is 0 Å². The lowest BCUT2D eigenvalue weighted by Gasteiger charge is -2.04. The van der Waals surface area contributed by atoms with E-state index < -0.39 is 0 Å². The second kappa shape index (κ2) is 4.38. The molecule has 0 heterocycles. The number of hydrogen-bond donors (Lipinski definition) is 0. The van der Waals surface area contributed by atoms with Crippen LogP contribution in [-0.4, -0.2) is 6.29 Å². The Morgan fingerprint density at radius 1 is 1.25 bits per heavy atom. The van der Waals surface area contributed by atoms with Gasteiger partial charge in [0.1, 0.15) is 0 Å². The molecule has 0 fully saturated rings. The van der Waals surface area contributed by atoms with E-state index in [1.54, 1.807) is 0 Å². The summed E-state index contributed by atoms with van der Waals surface area (Å²) in [5.74, 6) is 0.480. The number of aldehydes is 1. The van der Waals surface area contributed by atoms with E-state index in [9.17, 15) is 4.79 Å². The molecule has 0 saturated heterocycles. The van der Waals surface area contributed by atoms with Crippen LogP contribution < -0.4 is 0 Å². The van der Waals surface area contributed by atoms with Gasteiger partial charge < -0.3 is 0 Å². The molecule has 1 aliphatic carbocycles. The summed E-state index contributed by atoms with van der Waals surface area (Å²) in [5, 5.41) is 0. The number of rotatable bonds is 2. The van der Waals surface area contributed by atoms with Gasteiger partial charge in [0, 0.05) is 10.0 Å². The van der Waals surface area contributed by atoms with Crippen molar-refractivity contribution in [3.63, 3.8) is 0 Å². The Kier molecular flexibility index (Phi) is 3.10. The fourth-order valence-corrected chi connectivity index (χ4v) is 2.29. The van der Waals surface area contributed by atoms with Crippen LogP contribution in [0.5, 0.6) is 0 Å². The third kappa shape index (κ3) is 2.03. The highest BCUT2D eigenvalue weighted by Gasteiger charge is 2.17. The summed E-state index contributed by atoms with van der Waals surface area (Å²) < 4.78 is 1.00. The molecule has 1 aromatic rings. The van der Waals surface area contributed by atoms with Crippen molar-refractivity contribution in [1.29, 1.82) is 0 Å². The summed E-state index contributed by atoms with van der Waals surface area (Å²) in [6.45, 7) is 4.27. The molecule has 2 heteroatoms. The molecule has 0 aliphatic heterocycles. The zero-order chi connectivity index (χ0) is 11.7. The average molecular weight is 277 g/mol. The molecule has 1 aliphatic rings. The fourth-order valence-electron chi connectivity index (χ4n) is 1.92. The molecule has 82 valence electrons. The Labute approximate surface area is 104 Å². The maximum absolute atomic E-state index is 11.0. The summed E-state index contributed by atoms with van der Waals surface area (Å²) in [6.07, 6.45) is 5.07. The van der Waals surface area contributed by atoms with Crippen LogP contribution in [0.25, 0.3) is 11.1 Å². The van der Waals surface area contributed by atoms with Crippen molar-refractivity contribution >= 4 is 33.4 Å². The van der Waals surface area contributed by atoms with Crippen molar-refractivity contribution in [3.05, 3.63) is 46.0 Å². The monoisotopic (exact) mass is 276 g/mol. The number of allylic oxidation sites excluding steroid dienone is 4. The van der Waals surface area contributed by atoms with Crippen LogP contribution in [0.1, 0.15) is 25.0 Å². The van der Waals surface area contributed by atoms with Gasteiger partial charge in [0.2, 0.25) is 0 Å². The molecular weight excluding hydrogens is 264 g/mol. The highest BCUT2D eigenvalue weighted by Crippen LogP contribution is 2.36. The Hall–Kier alpha value is -1.15. The highest BCUT2D eigenvalue weighted by molar-refractivity contribution is 9.10. The van der Waals surface area contributed by atoms with Gasteiger partial charge in [-0.25, -0.2) is 0 Å². The Morgan fingerprint density at radius 2 is 2.00 bits per heavy atom. The number of hydrogen-bond acceptors (Lipinski definition) is 1. The average Bonchev–Trinajstić information content (AvgIpc) is 2.55. The molecule has 0 radical (unpaired) electrons. The number of fused-ring (bicyclic) bond motifs is 1. The third-order valence-corrected chi connectivity index (χ3v) is 3.05. The fraction of sp³-hybridized carbons (Fsp3) is 0.214. The summed E-state index contributed by atoms with van der Waals surface area (Å²) in [6, 6.07) is 6.06. The molecule has 2 rings (SSSR count). The minimum Gasteiger partial charge on any atom is -0.298 e. The predicted octanol–water partition coefficient (Wildman–Crippen LogP) is 4.08. The van der Waals surface area contributed by atoms with Crippen molar-refractivity contribution in [2.75, 3.05) is 0 Å². The number of halogens is 1. The quantitative estimate of drug-likeness (QED) is 0.744. The van der Waals surface area contributed by atoms with Crippen LogP contribution in [0.2, 0.25) is 0 Å². The zero-order valence-electron chi connectivity index (χ0n) is 9.33. The van der Waals surface area contributed by atoms with Crippen molar-refractivity contribution in [1.82, 2.24) is 0 Å². The number of carbonyl (C=O) groups is 1. The molecular formula is C14H13BrO. The SMILES string of the molecule is CC(C)/C=C1\C=C(C=O)c2cc(Br)ccc21. The van der Waals surface area contributed by atoms with Gasteiger partial charge in [-0.1, -0.05) is 41.9 Å². The highest BCUT2D eigenvalue weighted by atomic mass is 79.9. The second-order valence-electron chi connectivity index (χ2n) is 4.27. The number of carbonyl (C=O) groups excluding carboxylic acids is 1. The van der Waals surface area contributed by atoms with E-state index in [4.69, 9.17) is 0 Å². The predicted molar refractivity (Wildman–Crippen MR) is 71.0 cm³/mol. The lowest BCUT2D eigenvalue weighted by atomic mass is 10.0. The topological polar surface area (TPSA) is 17.1 Å². The molecule has 16 heavy (non-hydrogen) atoms. The molecule has 0 amide bonds. The second-order valence-corrected chi connectivity index (χ2v) is 5.19. The van der Waals surface area contributed by atoms with E-state index >= 15 is 0 Å². The Morgan fingerprint density at radius 3 is 2.62 bits per heavy atom. The van der Waals surface area contributed by atoms with Gasteiger partial charge >= 0.3 is 0 Å².